The third kappa shape index (κ3) is 3.82. The zero-order chi connectivity index (χ0) is 12.8. The molecule has 0 aliphatic carbocycles. The minimum Gasteiger partial charge on any atom is -0.494 e. The van der Waals surface area contributed by atoms with Gasteiger partial charge in [0.1, 0.15) is 5.75 Å². The molecule has 2 N–H and O–H groups in total. The van der Waals surface area contributed by atoms with Crippen LogP contribution >= 0.6 is 11.8 Å². The summed E-state index contributed by atoms with van der Waals surface area (Å²) in [6.45, 7) is 4.49. The summed E-state index contributed by atoms with van der Waals surface area (Å²) in [6, 6.07) is 5.89. The molecule has 100 valence electrons. The summed E-state index contributed by atoms with van der Waals surface area (Å²) in [7, 11) is 0. The van der Waals surface area contributed by atoms with Crippen LogP contribution in [0.5, 0.6) is 5.75 Å². The van der Waals surface area contributed by atoms with Gasteiger partial charge in [-0.25, -0.2) is 0 Å². The summed E-state index contributed by atoms with van der Waals surface area (Å²) in [5, 5.41) is 0.703. The molecule has 1 fully saturated rings. The number of nitrogens with two attached hydrogens (primary N) is 1. The molecule has 1 saturated heterocycles. The summed E-state index contributed by atoms with van der Waals surface area (Å²) in [5.74, 6) is 1.93. The molecule has 0 spiro atoms. The van der Waals surface area contributed by atoms with E-state index in [0.29, 0.717) is 11.9 Å². The highest BCUT2D eigenvalue weighted by Gasteiger charge is 2.15. The molecule has 0 saturated carbocycles. The predicted octanol–water partition coefficient (Wildman–Crippen LogP) is 3.08. The topological polar surface area (TPSA) is 44.5 Å². The Morgan fingerprint density at radius 1 is 1.39 bits per heavy atom. The lowest BCUT2D eigenvalue weighted by Crippen LogP contribution is -2.17. The minimum absolute atomic E-state index is 0.693. The lowest BCUT2D eigenvalue weighted by molar-refractivity contribution is 0.1000. The fourth-order valence-electron chi connectivity index (χ4n) is 2.06. The number of hydrogen-bond donors (Lipinski definition) is 1. The van der Waals surface area contributed by atoms with Crippen LogP contribution in [0.2, 0.25) is 0 Å². The van der Waals surface area contributed by atoms with E-state index >= 15 is 0 Å². The molecule has 0 amide bonds. The van der Waals surface area contributed by atoms with Gasteiger partial charge in [0.25, 0.3) is 0 Å². The number of ether oxygens (including phenoxy) is 2. The van der Waals surface area contributed by atoms with Crippen molar-refractivity contribution in [1.29, 1.82) is 0 Å². The van der Waals surface area contributed by atoms with E-state index in [1.165, 1.54) is 5.56 Å². The van der Waals surface area contributed by atoms with Crippen molar-refractivity contribution in [3.8, 4) is 5.75 Å². The zero-order valence-corrected chi connectivity index (χ0v) is 11.7. The van der Waals surface area contributed by atoms with Gasteiger partial charge in [0.15, 0.2) is 0 Å². The minimum atomic E-state index is 0.693. The summed E-state index contributed by atoms with van der Waals surface area (Å²) in [4.78, 5) is 0. The van der Waals surface area contributed by atoms with Crippen LogP contribution < -0.4 is 10.5 Å². The van der Waals surface area contributed by atoms with Crippen LogP contribution in [0.25, 0.3) is 0 Å². The van der Waals surface area contributed by atoms with Crippen molar-refractivity contribution in [2.75, 3.05) is 25.6 Å². The first-order valence-electron chi connectivity index (χ1n) is 6.50. The molecule has 0 atom stereocenters. The summed E-state index contributed by atoms with van der Waals surface area (Å²) in [6.07, 6.45) is 2.30. The Morgan fingerprint density at radius 2 is 2.17 bits per heavy atom. The number of benzene rings is 1. The molecule has 1 heterocycles. The van der Waals surface area contributed by atoms with Gasteiger partial charge in [-0.1, -0.05) is 0 Å². The fourth-order valence-corrected chi connectivity index (χ4v) is 3.23. The molecule has 1 aliphatic heterocycles. The van der Waals surface area contributed by atoms with Gasteiger partial charge in [0.2, 0.25) is 0 Å². The highest BCUT2D eigenvalue weighted by molar-refractivity contribution is 7.99. The highest BCUT2D eigenvalue weighted by Crippen LogP contribution is 2.30. The molecule has 0 bridgehead atoms. The third-order valence-electron chi connectivity index (χ3n) is 3.03. The van der Waals surface area contributed by atoms with E-state index in [2.05, 4.69) is 0 Å². The van der Waals surface area contributed by atoms with Crippen molar-refractivity contribution in [3.63, 3.8) is 0 Å². The molecular formula is C14H21NO2S. The predicted molar refractivity (Wildman–Crippen MR) is 77.2 cm³/mol. The molecule has 0 radical (unpaired) electrons. The summed E-state index contributed by atoms with van der Waals surface area (Å²) >= 11 is 1.98. The highest BCUT2D eigenvalue weighted by atomic mass is 32.2. The monoisotopic (exact) mass is 267 g/mol. The van der Waals surface area contributed by atoms with E-state index in [9.17, 15) is 0 Å². The molecule has 3 nitrogen and oxygen atoms in total. The van der Waals surface area contributed by atoms with Gasteiger partial charge in [-0.15, -0.1) is 0 Å². The Bertz CT molecular complexity index is 378. The number of thioether (sulfide) groups is 1. The molecule has 1 aliphatic rings. The van der Waals surface area contributed by atoms with Crippen molar-refractivity contribution in [3.05, 3.63) is 23.8 Å². The standard InChI is InChI=1S/C14H21NO2S/c1-2-17-14-4-3-12(15)9-11(14)10-18-13-5-7-16-8-6-13/h3-4,9,13H,2,5-8,10,15H2,1H3. The Morgan fingerprint density at radius 3 is 2.89 bits per heavy atom. The largest absolute Gasteiger partial charge is 0.494 e. The van der Waals surface area contributed by atoms with Crippen molar-refractivity contribution < 1.29 is 9.47 Å². The van der Waals surface area contributed by atoms with Crippen LogP contribution in [0.3, 0.4) is 0 Å². The SMILES string of the molecule is CCOc1ccc(N)cc1CSC1CCOCC1. The Balaban J connectivity index is 1.95. The van der Waals surface area contributed by atoms with Crippen LogP contribution in [0.1, 0.15) is 25.3 Å². The quantitative estimate of drug-likeness (QED) is 0.833. The van der Waals surface area contributed by atoms with Crippen LogP contribution in [0, 0.1) is 0 Å². The Kier molecular flexibility index (Phi) is 5.20. The van der Waals surface area contributed by atoms with Crippen molar-refractivity contribution in [2.24, 2.45) is 0 Å². The maximum absolute atomic E-state index is 5.85. The molecule has 0 aromatic heterocycles. The summed E-state index contributed by atoms with van der Waals surface area (Å²) < 4.78 is 11.0. The Hall–Kier alpha value is -0.870. The van der Waals surface area contributed by atoms with E-state index in [1.807, 2.05) is 36.9 Å². The van der Waals surface area contributed by atoms with E-state index in [4.69, 9.17) is 15.2 Å². The maximum atomic E-state index is 5.85. The van der Waals surface area contributed by atoms with Gasteiger partial charge in [-0.2, -0.15) is 11.8 Å². The average Bonchev–Trinajstić information content (AvgIpc) is 2.40. The van der Waals surface area contributed by atoms with E-state index in [0.717, 1.165) is 43.2 Å². The smallest absolute Gasteiger partial charge is 0.123 e. The maximum Gasteiger partial charge on any atom is 0.123 e. The van der Waals surface area contributed by atoms with Gasteiger partial charge in [-0.05, 0) is 38.0 Å². The van der Waals surface area contributed by atoms with Crippen molar-refractivity contribution in [2.45, 2.75) is 30.8 Å². The van der Waals surface area contributed by atoms with E-state index in [1.54, 1.807) is 0 Å². The normalized spacial score (nSPS) is 16.7. The van der Waals surface area contributed by atoms with Gasteiger partial charge in [0, 0.05) is 35.5 Å². The molecular weight excluding hydrogens is 246 g/mol. The van der Waals surface area contributed by atoms with Gasteiger partial charge in [-0.3, -0.25) is 0 Å². The molecule has 18 heavy (non-hydrogen) atoms. The third-order valence-corrected chi connectivity index (χ3v) is 4.45. The lowest BCUT2D eigenvalue weighted by atomic mass is 10.2. The first kappa shape index (κ1) is 13.6. The molecule has 1 aromatic carbocycles. The first-order valence-corrected chi connectivity index (χ1v) is 7.55. The number of rotatable bonds is 5. The number of nitrogen functional groups attached to an aromatic ring is 1. The molecule has 1 aromatic rings. The van der Waals surface area contributed by atoms with Crippen molar-refractivity contribution >= 4 is 17.4 Å². The molecule has 4 heteroatoms. The van der Waals surface area contributed by atoms with Crippen LogP contribution in [-0.4, -0.2) is 25.1 Å². The van der Waals surface area contributed by atoms with E-state index in [-0.39, 0.29) is 0 Å². The second-order valence-corrected chi connectivity index (χ2v) is 5.71. The first-order chi connectivity index (χ1) is 8.79. The second kappa shape index (κ2) is 6.90. The Labute approximate surface area is 113 Å². The van der Waals surface area contributed by atoms with E-state index < -0.39 is 0 Å². The number of anilines is 1. The lowest BCUT2D eigenvalue weighted by Gasteiger charge is -2.22. The molecule has 2 rings (SSSR count). The van der Waals surface area contributed by atoms with Gasteiger partial charge in [0.05, 0.1) is 6.61 Å². The zero-order valence-electron chi connectivity index (χ0n) is 10.9. The van der Waals surface area contributed by atoms with Crippen LogP contribution in [0.4, 0.5) is 5.69 Å². The fraction of sp³-hybridized carbons (Fsp3) is 0.571. The second-order valence-electron chi connectivity index (χ2n) is 4.42. The van der Waals surface area contributed by atoms with Crippen molar-refractivity contribution in [1.82, 2.24) is 0 Å². The number of hydrogen-bond acceptors (Lipinski definition) is 4. The van der Waals surface area contributed by atoms with Crippen LogP contribution in [-0.2, 0) is 10.5 Å². The average molecular weight is 267 g/mol. The molecule has 0 unspecified atom stereocenters. The van der Waals surface area contributed by atoms with Crippen LogP contribution in [0.15, 0.2) is 18.2 Å². The van der Waals surface area contributed by atoms with Gasteiger partial charge >= 0.3 is 0 Å². The van der Waals surface area contributed by atoms with Gasteiger partial charge < -0.3 is 15.2 Å². The summed E-state index contributed by atoms with van der Waals surface area (Å²) in [5.41, 5.74) is 7.86.